The molecule has 1 aromatic carbocycles. The number of nitrogens with zero attached hydrogens (tertiary/aromatic N) is 1. The SMILES string of the molecule is CC(C)[C@@H](NC(=O)NCCCC(=O)O)C(=O)N1CCC(c2ccc(Cl)cc2)C(C)(C)C1. The second-order valence-electron chi connectivity index (χ2n) is 9.26. The Morgan fingerprint density at radius 3 is 2.42 bits per heavy atom. The quantitative estimate of drug-likeness (QED) is 0.522. The van der Waals surface area contributed by atoms with Crippen LogP contribution in [0.1, 0.15) is 58.4 Å². The van der Waals surface area contributed by atoms with Gasteiger partial charge in [-0.2, -0.15) is 0 Å². The molecule has 1 aromatic rings. The maximum absolute atomic E-state index is 13.3. The van der Waals surface area contributed by atoms with Gasteiger partial charge in [0.15, 0.2) is 0 Å². The van der Waals surface area contributed by atoms with E-state index in [2.05, 4.69) is 36.6 Å². The Balaban J connectivity index is 1.98. The van der Waals surface area contributed by atoms with Gasteiger partial charge in [-0.05, 0) is 47.8 Å². The van der Waals surface area contributed by atoms with Crippen LogP contribution in [0.5, 0.6) is 0 Å². The summed E-state index contributed by atoms with van der Waals surface area (Å²) in [7, 11) is 0. The van der Waals surface area contributed by atoms with E-state index in [0.29, 0.717) is 30.5 Å². The number of carboxylic acid groups (broad SMARTS) is 1. The van der Waals surface area contributed by atoms with Crippen LogP contribution in [0.3, 0.4) is 0 Å². The Morgan fingerprint density at radius 2 is 1.87 bits per heavy atom. The van der Waals surface area contributed by atoms with Gasteiger partial charge in [-0.15, -0.1) is 0 Å². The fraction of sp³-hybridized carbons (Fsp3) is 0.609. The molecular formula is C23H34ClN3O4. The maximum atomic E-state index is 13.3. The maximum Gasteiger partial charge on any atom is 0.315 e. The Kier molecular flexibility index (Phi) is 8.74. The molecule has 2 atom stereocenters. The minimum absolute atomic E-state index is 0.00946. The van der Waals surface area contributed by atoms with Crippen molar-refractivity contribution in [3.05, 3.63) is 34.9 Å². The lowest BCUT2D eigenvalue weighted by Gasteiger charge is -2.45. The molecule has 1 fully saturated rings. The number of benzene rings is 1. The largest absolute Gasteiger partial charge is 0.481 e. The molecule has 0 bridgehead atoms. The fourth-order valence-electron chi connectivity index (χ4n) is 4.20. The summed E-state index contributed by atoms with van der Waals surface area (Å²) in [6.07, 6.45) is 1.17. The lowest BCUT2D eigenvalue weighted by atomic mass is 9.70. The van der Waals surface area contributed by atoms with Gasteiger partial charge >= 0.3 is 12.0 Å². The molecule has 3 amide bonds. The molecule has 1 unspecified atom stereocenters. The molecule has 1 heterocycles. The van der Waals surface area contributed by atoms with Crippen LogP contribution in [0.2, 0.25) is 5.02 Å². The highest BCUT2D eigenvalue weighted by Gasteiger charge is 2.40. The van der Waals surface area contributed by atoms with Crippen molar-refractivity contribution in [3.8, 4) is 0 Å². The predicted octanol–water partition coefficient (Wildman–Crippen LogP) is 3.87. The van der Waals surface area contributed by atoms with Crippen LogP contribution in [0.25, 0.3) is 0 Å². The number of piperidine rings is 1. The number of hydrogen-bond donors (Lipinski definition) is 3. The number of nitrogens with one attached hydrogen (secondary N) is 2. The highest BCUT2D eigenvalue weighted by atomic mass is 35.5. The summed E-state index contributed by atoms with van der Waals surface area (Å²) in [5.74, 6) is -0.744. The van der Waals surface area contributed by atoms with Crippen LogP contribution >= 0.6 is 11.6 Å². The van der Waals surface area contributed by atoms with Crippen molar-refractivity contribution in [2.24, 2.45) is 11.3 Å². The number of carboxylic acids is 1. The lowest BCUT2D eigenvalue weighted by molar-refractivity contribution is -0.138. The molecule has 0 aromatic heterocycles. The molecule has 0 radical (unpaired) electrons. The van der Waals surface area contributed by atoms with E-state index in [9.17, 15) is 14.4 Å². The Labute approximate surface area is 189 Å². The third kappa shape index (κ3) is 7.13. The van der Waals surface area contributed by atoms with Gasteiger partial charge in [0.05, 0.1) is 0 Å². The van der Waals surface area contributed by atoms with Gasteiger partial charge in [0.25, 0.3) is 0 Å². The van der Waals surface area contributed by atoms with Crippen LogP contribution in [0.4, 0.5) is 4.79 Å². The average molecular weight is 452 g/mol. The minimum Gasteiger partial charge on any atom is -0.481 e. The zero-order valence-corrected chi connectivity index (χ0v) is 19.5. The summed E-state index contributed by atoms with van der Waals surface area (Å²) in [5, 5.41) is 14.8. The van der Waals surface area contributed by atoms with Crippen molar-refractivity contribution < 1.29 is 19.5 Å². The summed E-state index contributed by atoms with van der Waals surface area (Å²) in [6.45, 7) is 9.61. The predicted molar refractivity (Wildman–Crippen MR) is 121 cm³/mol. The Hall–Kier alpha value is -2.28. The summed E-state index contributed by atoms with van der Waals surface area (Å²) < 4.78 is 0. The van der Waals surface area contributed by atoms with Crippen LogP contribution in [0, 0.1) is 11.3 Å². The Morgan fingerprint density at radius 1 is 1.23 bits per heavy atom. The van der Waals surface area contributed by atoms with E-state index in [1.165, 1.54) is 5.56 Å². The lowest BCUT2D eigenvalue weighted by Crippen LogP contribution is -2.57. The van der Waals surface area contributed by atoms with E-state index >= 15 is 0 Å². The van der Waals surface area contributed by atoms with Crippen molar-refractivity contribution in [3.63, 3.8) is 0 Å². The smallest absolute Gasteiger partial charge is 0.315 e. The van der Waals surface area contributed by atoms with Crippen LogP contribution in [0.15, 0.2) is 24.3 Å². The zero-order valence-electron chi connectivity index (χ0n) is 18.8. The second-order valence-corrected chi connectivity index (χ2v) is 9.70. The molecule has 1 saturated heterocycles. The monoisotopic (exact) mass is 451 g/mol. The molecule has 1 aliphatic heterocycles. The highest BCUT2D eigenvalue weighted by molar-refractivity contribution is 6.30. The van der Waals surface area contributed by atoms with E-state index in [-0.39, 0.29) is 30.2 Å². The summed E-state index contributed by atoms with van der Waals surface area (Å²) in [4.78, 5) is 37.9. The molecule has 2 rings (SSSR count). The number of carbonyl (C=O) groups excluding carboxylic acids is 2. The number of urea groups is 1. The number of carbonyl (C=O) groups is 3. The third-order valence-corrected chi connectivity index (χ3v) is 6.14. The van der Waals surface area contributed by atoms with Crippen LogP contribution in [-0.2, 0) is 9.59 Å². The number of halogens is 1. The molecule has 0 aliphatic carbocycles. The van der Waals surface area contributed by atoms with Crippen molar-refractivity contribution in [2.45, 2.75) is 58.9 Å². The van der Waals surface area contributed by atoms with Crippen LogP contribution < -0.4 is 10.6 Å². The van der Waals surface area contributed by atoms with E-state index in [1.807, 2.05) is 30.9 Å². The summed E-state index contributed by atoms with van der Waals surface area (Å²) in [6, 6.07) is 6.82. The molecule has 31 heavy (non-hydrogen) atoms. The number of amides is 3. The summed E-state index contributed by atoms with van der Waals surface area (Å²) in [5.41, 5.74) is 1.10. The number of hydrogen-bond acceptors (Lipinski definition) is 3. The van der Waals surface area contributed by atoms with E-state index in [1.54, 1.807) is 0 Å². The molecule has 7 nitrogen and oxygen atoms in total. The van der Waals surface area contributed by atoms with Crippen LogP contribution in [-0.4, -0.2) is 53.6 Å². The molecule has 0 saturated carbocycles. The zero-order chi connectivity index (χ0) is 23.2. The van der Waals surface area contributed by atoms with Gasteiger partial charge in [-0.25, -0.2) is 4.79 Å². The van der Waals surface area contributed by atoms with E-state index in [4.69, 9.17) is 16.7 Å². The summed E-state index contributed by atoms with van der Waals surface area (Å²) >= 11 is 6.03. The molecule has 0 spiro atoms. The van der Waals surface area contributed by atoms with Crippen molar-refractivity contribution in [1.82, 2.24) is 15.5 Å². The first-order valence-electron chi connectivity index (χ1n) is 10.8. The second kappa shape index (κ2) is 10.8. The third-order valence-electron chi connectivity index (χ3n) is 5.89. The normalized spacial score (nSPS) is 19.0. The first kappa shape index (κ1) is 25.0. The first-order valence-corrected chi connectivity index (χ1v) is 11.2. The topological polar surface area (TPSA) is 98.7 Å². The Bertz CT molecular complexity index is 780. The van der Waals surface area contributed by atoms with Gasteiger partial charge in [0.2, 0.25) is 5.91 Å². The van der Waals surface area contributed by atoms with E-state index < -0.39 is 18.0 Å². The first-order chi connectivity index (χ1) is 14.5. The molecule has 172 valence electrons. The van der Waals surface area contributed by atoms with Gasteiger partial charge in [0.1, 0.15) is 6.04 Å². The fourth-order valence-corrected chi connectivity index (χ4v) is 4.33. The standard InChI is InChI=1S/C23H34ClN3O4/c1-15(2)20(26-22(31)25-12-5-6-19(28)29)21(30)27-13-11-18(23(3,4)14-27)16-7-9-17(24)10-8-16/h7-10,15,18,20H,5-6,11-14H2,1-4H3,(H,28,29)(H2,25,26,31)/t18?,20-/m1/s1. The van der Waals surface area contributed by atoms with Gasteiger partial charge in [-0.1, -0.05) is 51.4 Å². The highest BCUT2D eigenvalue weighted by Crippen LogP contribution is 2.42. The molecule has 1 aliphatic rings. The van der Waals surface area contributed by atoms with Gasteiger partial charge in [-0.3, -0.25) is 9.59 Å². The minimum atomic E-state index is -0.901. The van der Waals surface area contributed by atoms with Gasteiger partial charge < -0.3 is 20.6 Å². The van der Waals surface area contributed by atoms with Crippen molar-refractivity contribution in [2.75, 3.05) is 19.6 Å². The molecular weight excluding hydrogens is 418 g/mol. The number of aliphatic carboxylic acids is 1. The van der Waals surface area contributed by atoms with Gasteiger partial charge in [0, 0.05) is 31.1 Å². The molecule has 8 heteroatoms. The van der Waals surface area contributed by atoms with E-state index in [0.717, 1.165) is 6.42 Å². The molecule has 3 N–H and O–H groups in total. The number of rotatable bonds is 8. The van der Waals surface area contributed by atoms with Crippen molar-refractivity contribution in [1.29, 1.82) is 0 Å². The average Bonchev–Trinajstić information content (AvgIpc) is 2.68. The number of likely N-dealkylation sites (tertiary alicyclic amines) is 1. The van der Waals surface area contributed by atoms with Crippen molar-refractivity contribution >= 4 is 29.5 Å².